The molecule has 37 heavy (non-hydrogen) atoms. The number of hydrogen-bond donors (Lipinski definition) is 1. The Kier molecular flexibility index (Phi) is 8.49. The van der Waals surface area contributed by atoms with Crippen molar-refractivity contribution >= 4 is 29.4 Å². The van der Waals surface area contributed by atoms with Crippen LogP contribution in [0.15, 0.2) is 36.4 Å². The average Bonchev–Trinajstić information content (AvgIpc) is 3.16. The third kappa shape index (κ3) is 6.13. The van der Waals surface area contributed by atoms with Gasteiger partial charge in [0.15, 0.2) is 0 Å². The van der Waals surface area contributed by atoms with Crippen molar-refractivity contribution in [3.63, 3.8) is 0 Å². The van der Waals surface area contributed by atoms with Crippen LogP contribution >= 0.6 is 11.6 Å². The Morgan fingerprint density at radius 3 is 2.51 bits per heavy atom. The van der Waals surface area contributed by atoms with Gasteiger partial charge in [-0.1, -0.05) is 36.7 Å². The molecular formula is C28H32ClFN2O5. The van der Waals surface area contributed by atoms with E-state index in [2.05, 4.69) is 11.0 Å². The number of likely N-dealkylation sites (tertiary alicyclic amines) is 1. The van der Waals surface area contributed by atoms with Gasteiger partial charge < -0.3 is 9.84 Å². The molecule has 0 radical (unpaired) electrons. The van der Waals surface area contributed by atoms with Gasteiger partial charge in [-0.25, -0.2) is 4.39 Å². The number of carboxylic acid groups (broad SMARTS) is 1. The van der Waals surface area contributed by atoms with Crippen molar-refractivity contribution in [2.75, 3.05) is 13.2 Å². The Morgan fingerprint density at radius 1 is 1.19 bits per heavy atom. The third-order valence-electron chi connectivity index (χ3n) is 7.45. The molecule has 1 N–H and O–H groups in total. The second-order valence-corrected chi connectivity index (χ2v) is 10.2. The zero-order valence-electron chi connectivity index (χ0n) is 21.1. The van der Waals surface area contributed by atoms with Crippen LogP contribution in [0.5, 0.6) is 5.75 Å². The summed E-state index contributed by atoms with van der Waals surface area (Å²) in [6.45, 7) is 5.05. The molecule has 9 heteroatoms. The lowest BCUT2D eigenvalue weighted by atomic mass is 9.78. The Hall–Kier alpha value is -2.97. The lowest BCUT2D eigenvalue weighted by molar-refractivity contribution is -0.147. The van der Waals surface area contributed by atoms with Gasteiger partial charge in [-0.2, -0.15) is 0 Å². The predicted molar refractivity (Wildman–Crippen MR) is 137 cm³/mol. The molecular weight excluding hydrogens is 499 g/mol. The van der Waals surface area contributed by atoms with E-state index in [0.717, 1.165) is 23.1 Å². The van der Waals surface area contributed by atoms with Gasteiger partial charge in [0.1, 0.15) is 18.2 Å². The van der Waals surface area contributed by atoms with Gasteiger partial charge in [0.25, 0.3) is 0 Å². The first kappa shape index (κ1) is 27.1. The molecule has 0 spiro atoms. The summed E-state index contributed by atoms with van der Waals surface area (Å²) in [6.07, 6.45) is 2.35. The Balaban J connectivity index is 1.48. The number of imide groups is 1. The number of carbonyl (C=O) groups excluding carboxylic acids is 2. The summed E-state index contributed by atoms with van der Waals surface area (Å²) in [7, 11) is 0. The van der Waals surface area contributed by atoms with Gasteiger partial charge in [0.2, 0.25) is 11.8 Å². The molecule has 1 aliphatic heterocycles. The maximum absolute atomic E-state index is 14.2. The van der Waals surface area contributed by atoms with Gasteiger partial charge >= 0.3 is 5.97 Å². The third-order valence-corrected chi connectivity index (χ3v) is 7.76. The molecule has 1 saturated carbocycles. The second kappa shape index (κ2) is 11.6. The maximum atomic E-state index is 14.2. The number of nitrogens with zero attached hydrogens (tertiary/aromatic N) is 2. The normalized spacial score (nSPS) is 20.3. The number of halogens is 2. The minimum absolute atomic E-state index is 0.0615. The van der Waals surface area contributed by atoms with E-state index in [1.165, 1.54) is 11.0 Å². The smallest absolute Gasteiger partial charge is 0.306 e. The van der Waals surface area contributed by atoms with Crippen LogP contribution in [-0.2, 0) is 27.3 Å². The lowest BCUT2D eigenvalue weighted by Crippen LogP contribution is -2.47. The van der Waals surface area contributed by atoms with Gasteiger partial charge in [-0.05, 0) is 61.1 Å². The van der Waals surface area contributed by atoms with Gasteiger partial charge in [-0.15, -0.1) is 0 Å². The molecule has 198 valence electrons. The molecule has 4 rings (SSSR count). The highest BCUT2D eigenvalue weighted by Gasteiger charge is 2.40. The molecule has 0 unspecified atom stereocenters. The summed E-state index contributed by atoms with van der Waals surface area (Å²) in [5.74, 6) is -1.23. The largest absolute Gasteiger partial charge is 0.491 e. The zero-order chi connectivity index (χ0) is 26.7. The van der Waals surface area contributed by atoms with Crippen LogP contribution < -0.4 is 4.74 Å². The van der Waals surface area contributed by atoms with Crippen molar-refractivity contribution < 1.29 is 28.6 Å². The van der Waals surface area contributed by atoms with Gasteiger partial charge in [-0.3, -0.25) is 24.2 Å². The van der Waals surface area contributed by atoms with Crippen LogP contribution in [0.3, 0.4) is 0 Å². The molecule has 0 bridgehead atoms. The summed E-state index contributed by atoms with van der Waals surface area (Å²) in [4.78, 5) is 38.5. The van der Waals surface area contributed by atoms with E-state index in [1.54, 1.807) is 12.1 Å². The van der Waals surface area contributed by atoms with E-state index >= 15 is 0 Å². The summed E-state index contributed by atoms with van der Waals surface area (Å²) in [6, 6.07) is 10.6. The van der Waals surface area contributed by atoms with Crippen LogP contribution in [0.25, 0.3) is 0 Å². The van der Waals surface area contributed by atoms with E-state index in [-0.39, 0.29) is 60.8 Å². The highest BCUT2D eigenvalue weighted by atomic mass is 35.5. The molecule has 2 fully saturated rings. The van der Waals surface area contributed by atoms with E-state index in [4.69, 9.17) is 16.3 Å². The summed E-state index contributed by atoms with van der Waals surface area (Å²) < 4.78 is 20.1. The first-order valence-electron chi connectivity index (χ1n) is 12.7. The number of hydrogen-bond acceptors (Lipinski definition) is 5. The Morgan fingerprint density at radius 2 is 1.89 bits per heavy atom. The summed E-state index contributed by atoms with van der Waals surface area (Å²) in [5.41, 5.74) is 2.82. The first-order valence-corrected chi connectivity index (χ1v) is 13.1. The van der Waals surface area contributed by atoms with Crippen molar-refractivity contribution in [1.82, 2.24) is 9.80 Å². The fraction of sp³-hybridized carbons (Fsp3) is 0.464. The van der Waals surface area contributed by atoms with Crippen molar-refractivity contribution in [2.24, 2.45) is 5.92 Å². The molecule has 1 heterocycles. The molecule has 2 aliphatic rings. The van der Waals surface area contributed by atoms with Gasteiger partial charge in [0.05, 0.1) is 17.5 Å². The molecule has 0 aromatic heterocycles. The molecule has 2 amide bonds. The van der Waals surface area contributed by atoms with Crippen molar-refractivity contribution in [3.05, 3.63) is 63.9 Å². The highest BCUT2D eigenvalue weighted by Crippen LogP contribution is 2.38. The number of amides is 2. The number of ether oxygens (including phenoxy) is 1. The predicted octanol–water partition coefficient (Wildman–Crippen LogP) is 5.00. The average molecular weight is 531 g/mol. The molecule has 2 aromatic carbocycles. The second-order valence-electron chi connectivity index (χ2n) is 9.77. The first-order chi connectivity index (χ1) is 17.7. The van der Waals surface area contributed by atoms with Crippen LogP contribution in [-0.4, -0.2) is 51.9 Å². The fourth-order valence-electron chi connectivity index (χ4n) is 5.08. The highest BCUT2D eigenvalue weighted by molar-refractivity contribution is 6.30. The number of benzene rings is 2. The Bertz CT molecular complexity index is 1170. The molecule has 1 saturated heterocycles. The molecule has 1 atom stereocenters. The molecule has 2 aromatic rings. The van der Waals surface area contributed by atoms with E-state index in [0.29, 0.717) is 25.1 Å². The number of aryl methyl sites for hydroxylation is 1. The molecule has 7 nitrogen and oxygen atoms in total. The summed E-state index contributed by atoms with van der Waals surface area (Å²) >= 11 is 5.88. The van der Waals surface area contributed by atoms with Crippen molar-refractivity contribution in [1.29, 1.82) is 0 Å². The van der Waals surface area contributed by atoms with Crippen molar-refractivity contribution in [3.8, 4) is 5.75 Å². The Labute approximate surface area is 221 Å². The van der Waals surface area contributed by atoms with Crippen LogP contribution in [0.4, 0.5) is 4.39 Å². The van der Waals surface area contributed by atoms with Gasteiger partial charge in [0, 0.05) is 31.5 Å². The quantitative estimate of drug-likeness (QED) is 0.412. The fourth-order valence-corrected chi connectivity index (χ4v) is 5.20. The zero-order valence-corrected chi connectivity index (χ0v) is 21.8. The number of aliphatic carboxylic acids is 1. The van der Waals surface area contributed by atoms with E-state index in [1.807, 2.05) is 26.0 Å². The maximum Gasteiger partial charge on any atom is 0.306 e. The minimum Gasteiger partial charge on any atom is -0.491 e. The van der Waals surface area contributed by atoms with Crippen LogP contribution in [0, 0.1) is 11.7 Å². The van der Waals surface area contributed by atoms with Crippen LogP contribution in [0.1, 0.15) is 62.3 Å². The number of carboxylic acids is 1. The van der Waals surface area contributed by atoms with E-state index in [9.17, 15) is 23.9 Å². The van der Waals surface area contributed by atoms with Crippen molar-refractivity contribution in [2.45, 2.75) is 64.6 Å². The van der Waals surface area contributed by atoms with Crippen LogP contribution in [0.2, 0.25) is 5.02 Å². The SMILES string of the molecule is CCc1cc(CN(C2CC(C(=O)O)C2)[C@H](C)c2ccc(Cl)c(F)c2)ccc1OCCN1C(=O)CCC1=O. The molecule has 1 aliphatic carbocycles. The standard InChI is InChI=1S/C28H32ClFN2O5/c1-3-19-12-18(4-7-25(19)37-11-10-31-26(33)8-9-27(31)34)16-32(22-13-21(14-22)28(35)36)17(2)20-5-6-23(29)24(30)15-20/h4-7,12,15,17,21-22H,3,8-11,13-14,16H2,1-2H3,(H,35,36)/t17-,21?,22?/m1/s1. The van der Waals surface area contributed by atoms with E-state index < -0.39 is 11.8 Å². The lowest BCUT2D eigenvalue weighted by Gasteiger charge is -2.44. The minimum atomic E-state index is -0.784. The topological polar surface area (TPSA) is 87.2 Å². The monoisotopic (exact) mass is 530 g/mol. The summed E-state index contributed by atoms with van der Waals surface area (Å²) in [5, 5.41) is 9.44. The number of rotatable bonds is 11. The number of carbonyl (C=O) groups is 3.